The molecule has 1 saturated heterocycles. The van der Waals surface area contributed by atoms with Crippen LogP contribution in [0, 0.1) is 11.8 Å². The van der Waals surface area contributed by atoms with E-state index in [1.54, 1.807) is 13.8 Å². The summed E-state index contributed by atoms with van der Waals surface area (Å²) in [4.78, 5) is 62.1. The number of hydrogen-bond donors (Lipinski definition) is 4. The molecule has 3 atom stereocenters. The van der Waals surface area contributed by atoms with Crippen LogP contribution in [0.25, 0.3) is 0 Å². The molecule has 4 N–H and O–H groups in total. The minimum absolute atomic E-state index is 0.0491. The molecule has 3 aliphatic carbocycles. The van der Waals surface area contributed by atoms with Crippen molar-refractivity contribution in [2.45, 2.75) is 82.0 Å². The number of alkyl halides is 4. The van der Waals surface area contributed by atoms with Crippen LogP contribution in [0.15, 0.2) is 0 Å². The second kappa shape index (κ2) is 10.3. The Labute approximate surface area is 204 Å². The summed E-state index contributed by atoms with van der Waals surface area (Å²) in [5, 5.41) is 9.64. The second-order valence-corrected chi connectivity index (χ2v) is 10.3. The molecule has 4 aliphatic rings. The predicted molar refractivity (Wildman–Crippen MR) is 115 cm³/mol. The van der Waals surface area contributed by atoms with Gasteiger partial charge in [0.15, 0.2) is 5.78 Å². The van der Waals surface area contributed by atoms with Crippen molar-refractivity contribution in [2.24, 2.45) is 11.8 Å². The molecule has 4 amide bonds. The fourth-order valence-corrected chi connectivity index (χ4v) is 4.97. The lowest BCUT2D eigenvalue weighted by Crippen LogP contribution is -2.77. The molecule has 2 bridgehead atoms. The normalized spacial score (nSPS) is 28.3. The number of ketones is 1. The van der Waals surface area contributed by atoms with E-state index in [9.17, 15) is 41.5 Å². The molecule has 36 heavy (non-hydrogen) atoms. The van der Waals surface area contributed by atoms with E-state index in [1.807, 2.05) is 0 Å². The molecule has 0 aromatic rings. The molecule has 4 rings (SSSR count). The van der Waals surface area contributed by atoms with E-state index in [2.05, 4.69) is 26.0 Å². The highest BCUT2D eigenvalue weighted by atomic mass is 19.4. The van der Waals surface area contributed by atoms with Gasteiger partial charge in [-0.05, 0) is 25.2 Å². The number of hydrogen-bond acceptors (Lipinski definition) is 6. The molecule has 0 spiro atoms. The molecule has 1 aliphatic heterocycles. The Kier molecular flexibility index (Phi) is 7.96. The minimum atomic E-state index is -5.07. The fourth-order valence-electron chi connectivity index (χ4n) is 4.97. The van der Waals surface area contributed by atoms with E-state index >= 15 is 0 Å². The summed E-state index contributed by atoms with van der Waals surface area (Å²) in [7, 11) is 0. The number of carbonyl (C=O) groups is 5. The van der Waals surface area contributed by atoms with Crippen molar-refractivity contribution < 1.29 is 46.3 Å². The van der Waals surface area contributed by atoms with E-state index in [0.717, 1.165) is 0 Å². The lowest BCUT2D eigenvalue weighted by Gasteiger charge is -2.65. The number of rotatable bonds is 11. The van der Waals surface area contributed by atoms with E-state index in [-0.39, 0.29) is 38.0 Å². The highest BCUT2D eigenvalue weighted by Crippen LogP contribution is 2.62. The maximum Gasteiger partial charge on any atom is 0.522 e. The molecule has 3 saturated carbocycles. The van der Waals surface area contributed by atoms with Gasteiger partial charge in [-0.25, -0.2) is 4.39 Å². The van der Waals surface area contributed by atoms with Gasteiger partial charge in [0.2, 0.25) is 11.8 Å². The molecule has 1 heterocycles. The average molecular weight is 522 g/mol. The Bertz CT molecular complexity index is 905. The van der Waals surface area contributed by atoms with Crippen LogP contribution in [-0.4, -0.2) is 72.2 Å². The third kappa shape index (κ3) is 6.92. The lowest BCUT2D eigenvalue weighted by molar-refractivity contribution is -0.321. The zero-order valence-electron chi connectivity index (χ0n) is 19.9. The van der Waals surface area contributed by atoms with Crippen LogP contribution >= 0.6 is 0 Å². The first-order chi connectivity index (χ1) is 16.6. The van der Waals surface area contributed by atoms with Crippen molar-refractivity contribution in [3.8, 4) is 0 Å². The highest BCUT2D eigenvalue weighted by Gasteiger charge is 2.70. The fraction of sp³-hybridized carbons (Fsp3) is 0.773. The Morgan fingerprint density at radius 2 is 1.72 bits per heavy atom. The van der Waals surface area contributed by atoms with Gasteiger partial charge < -0.3 is 21.3 Å². The van der Waals surface area contributed by atoms with E-state index in [0.29, 0.717) is 13.0 Å². The van der Waals surface area contributed by atoms with Crippen molar-refractivity contribution in [3.05, 3.63) is 0 Å². The van der Waals surface area contributed by atoms with Crippen LogP contribution in [0.3, 0.4) is 0 Å². The van der Waals surface area contributed by atoms with Crippen LogP contribution in [0.4, 0.5) is 17.6 Å². The van der Waals surface area contributed by atoms with Gasteiger partial charge in [-0.1, -0.05) is 13.8 Å². The van der Waals surface area contributed by atoms with Gasteiger partial charge in [0.1, 0.15) is 18.3 Å². The molecule has 4 fully saturated rings. The standard InChI is InChI=1S/C22H30F4N4O6/c1-11(2)5-14(29-18(34)19(35)30-21-8-20(23,9-21)10-21)17(33)28-13(6-12-3-4-27-16(12)32)15(31)7-36-22(24,25)26/h11-14H,3-10H2,1-2H3,(H,27,32)(H,28,33)(H,29,34)(H,30,35)/t12-,13?,14?,20?,21?/m0/s1. The molecule has 0 aromatic heterocycles. The van der Waals surface area contributed by atoms with E-state index in [4.69, 9.17) is 0 Å². The Hall–Kier alpha value is -2.77. The van der Waals surface area contributed by atoms with Gasteiger partial charge in [-0.15, -0.1) is 13.2 Å². The Balaban J connectivity index is 1.64. The van der Waals surface area contributed by atoms with Crippen LogP contribution < -0.4 is 21.3 Å². The number of amides is 4. The van der Waals surface area contributed by atoms with Crippen molar-refractivity contribution in [1.29, 1.82) is 0 Å². The van der Waals surface area contributed by atoms with Crippen molar-refractivity contribution >= 4 is 29.4 Å². The summed E-state index contributed by atoms with van der Waals surface area (Å²) in [6.07, 6.45) is -4.60. The first-order valence-electron chi connectivity index (χ1n) is 11.7. The van der Waals surface area contributed by atoms with Gasteiger partial charge >= 0.3 is 18.2 Å². The summed E-state index contributed by atoms with van der Waals surface area (Å²) in [5.41, 5.74) is -2.05. The molecular weight excluding hydrogens is 492 g/mol. The molecule has 0 radical (unpaired) electrons. The third-order valence-corrected chi connectivity index (χ3v) is 6.65. The van der Waals surface area contributed by atoms with Crippen LogP contribution in [0.5, 0.6) is 0 Å². The third-order valence-electron chi connectivity index (χ3n) is 6.65. The SMILES string of the molecule is CC(C)CC(NC(=O)C(=O)NC12CC(F)(C1)C2)C(=O)NC(C[C@@H]1CCNC1=O)C(=O)COC(F)(F)F. The zero-order chi connectivity index (χ0) is 26.9. The number of halogens is 4. The lowest BCUT2D eigenvalue weighted by atomic mass is 9.47. The average Bonchev–Trinajstić information content (AvgIpc) is 3.12. The van der Waals surface area contributed by atoms with E-state index < -0.39 is 71.6 Å². The quantitative estimate of drug-likeness (QED) is 0.229. The molecule has 14 heteroatoms. The summed E-state index contributed by atoms with van der Waals surface area (Å²) >= 11 is 0. The summed E-state index contributed by atoms with van der Waals surface area (Å²) in [6, 6.07) is -2.78. The van der Waals surface area contributed by atoms with Gasteiger partial charge in [-0.2, -0.15) is 0 Å². The van der Waals surface area contributed by atoms with Crippen molar-refractivity contribution in [3.63, 3.8) is 0 Å². The highest BCUT2D eigenvalue weighted by molar-refractivity contribution is 6.35. The molecule has 202 valence electrons. The first kappa shape index (κ1) is 27.8. The van der Waals surface area contributed by atoms with Gasteiger partial charge in [-0.3, -0.25) is 28.7 Å². The van der Waals surface area contributed by atoms with Gasteiger partial charge in [0.05, 0.1) is 6.04 Å². The topological polar surface area (TPSA) is 143 Å². The number of ether oxygens (including phenoxy) is 1. The summed E-state index contributed by atoms with van der Waals surface area (Å²) in [5.74, 6) is -5.43. The number of Topliss-reactive ketones (excluding diaryl/α,β-unsaturated/α-hetero) is 1. The molecule has 2 unspecified atom stereocenters. The monoisotopic (exact) mass is 522 g/mol. The minimum Gasteiger partial charge on any atom is -0.356 e. The predicted octanol–water partition coefficient (Wildman–Crippen LogP) is 0.395. The summed E-state index contributed by atoms with van der Waals surface area (Å²) in [6.45, 7) is 2.42. The van der Waals surface area contributed by atoms with E-state index in [1.165, 1.54) is 0 Å². The first-order valence-corrected chi connectivity index (χ1v) is 11.7. The molecular formula is C22H30F4N4O6. The smallest absolute Gasteiger partial charge is 0.356 e. The second-order valence-electron chi connectivity index (χ2n) is 10.3. The molecule has 10 nitrogen and oxygen atoms in total. The largest absolute Gasteiger partial charge is 0.522 e. The summed E-state index contributed by atoms with van der Waals surface area (Å²) < 4.78 is 54.6. The van der Waals surface area contributed by atoms with Gasteiger partial charge in [0, 0.05) is 37.3 Å². The van der Waals surface area contributed by atoms with Crippen molar-refractivity contribution in [2.75, 3.05) is 13.2 Å². The Morgan fingerprint density at radius 3 is 2.22 bits per heavy atom. The maximum absolute atomic E-state index is 13.7. The van der Waals surface area contributed by atoms with Gasteiger partial charge in [0.25, 0.3) is 0 Å². The van der Waals surface area contributed by atoms with Crippen LogP contribution in [0.1, 0.15) is 52.4 Å². The number of nitrogens with one attached hydrogen (secondary N) is 4. The van der Waals surface area contributed by atoms with Crippen molar-refractivity contribution in [1.82, 2.24) is 21.3 Å². The van der Waals surface area contributed by atoms with Crippen LogP contribution in [-0.2, 0) is 28.7 Å². The van der Waals surface area contributed by atoms with Crippen LogP contribution in [0.2, 0.25) is 0 Å². The zero-order valence-corrected chi connectivity index (χ0v) is 19.9. The Morgan fingerprint density at radius 1 is 1.08 bits per heavy atom. The molecule has 0 aromatic carbocycles. The number of carbonyl (C=O) groups excluding carboxylic acids is 5. The maximum atomic E-state index is 13.7.